The van der Waals surface area contributed by atoms with Crippen molar-refractivity contribution in [3.8, 4) is 0 Å². The van der Waals surface area contributed by atoms with E-state index in [0.717, 1.165) is 17.2 Å². The molecule has 2 unspecified atom stereocenters. The second-order valence-corrected chi connectivity index (χ2v) is 5.95. The molecule has 2 N–H and O–H groups in total. The van der Waals surface area contributed by atoms with E-state index in [-0.39, 0.29) is 18.4 Å². The van der Waals surface area contributed by atoms with Crippen LogP contribution in [0.5, 0.6) is 0 Å². The van der Waals surface area contributed by atoms with Crippen LogP contribution in [0.4, 0.5) is 5.13 Å². The molecule has 0 saturated heterocycles. The summed E-state index contributed by atoms with van der Waals surface area (Å²) in [7, 11) is 3.79. The summed E-state index contributed by atoms with van der Waals surface area (Å²) >= 11 is 1.36. The SMILES string of the molecule is CCC(C)C(O)CNC(=O)c1sc(N(C)C)nc1C. The Labute approximate surface area is 118 Å². The van der Waals surface area contributed by atoms with Crippen LogP contribution in [0.2, 0.25) is 0 Å². The van der Waals surface area contributed by atoms with Gasteiger partial charge in [0.2, 0.25) is 0 Å². The largest absolute Gasteiger partial charge is 0.391 e. The fraction of sp³-hybridized carbons (Fsp3) is 0.692. The molecular formula is C13H23N3O2S. The molecule has 0 aliphatic carbocycles. The third kappa shape index (κ3) is 4.18. The minimum absolute atomic E-state index is 0.162. The Morgan fingerprint density at radius 2 is 2.16 bits per heavy atom. The highest BCUT2D eigenvalue weighted by atomic mass is 32.1. The van der Waals surface area contributed by atoms with Gasteiger partial charge in [0.15, 0.2) is 5.13 Å². The summed E-state index contributed by atoms with van der Waals surface area (Å²) in [5, 5.41) is 13.4. The predicted octanol–water partition coefficient (Wildman–Crippen LogP) is 1.65. The number of aliphatic hydroxyl groups excluding tert-OH is 1. The number of carbonyl (C=O) groups excluding carboxylic acids is 1. The lowest BCUT2D eigenvalue weighted by Gasteiger charge is -2.17. The Balaban J connectivity index is 2.63. The third-order valence-corrected chi connectivity index (χ3v) is 4.47. The molecule has 6 heteroatoms. The molecule has 19 heavy (non-hydrogen) atoms. The van der Waals surface area contributed by atoms with Crippen molar-refractivity contribution in [2.45, 2.75) is 33.3 Å². The molecule has 1 amide bonds. The first-order valence-electron chi connectivity index (χ1n) is 6.47. The van der Waals surface area contributed by atoms with E-state index in [1.54, 1.807) is 0 Å². The summed E-state index contributed by atoms with van der Waals surface area (Å²) in [5.74, 6) is 0.0191. The summed E-state index contributed by atoms with van der Waals surface area (Å²) in [6.45, 7) is 6.09. The maximum atomic E-state index is 12.0. The van der Waals surface area contributed by atoms with Gasteiger partial charge in [-0.2, -0.15) is 0 Å². The van der Waals surface area contributed by atoms with Crippen LogP contribution in [-0.4, -0.2) is 42.7 Å². The highest BCUT2D eigenvalue weighted by Gasteiger charge is 2.18. The van der Waals surface area contributed by atoms with E-state index < -0.39 is 6.10 Å². The highest BCUT2D eigenvalue weighted by molar-refractivity contribution is 7.17. The van der Waals surface area contributed by atoms with Crippen LogP contribution < -0.4 is 10.2 Å². The van der Waals surface area contributed by atoms with Crippen LogP contribution >= 0.6 is 11.3 Å². The fourth-order valence-electron chi connectivity index (χ4n) is 1.53. The maximum absolute atomic E-state index is 12.0. The van der Waals surface area contributed by atoms with E-state index in [1.165, 1.54) is 11.3 Å². The van der Waals surface area contributed by atoms with E-state index in [4.69, 9.17) is 0 Å². The second kappa shape index (κ2) is 6.86. The quantitative estimate of drug-likeness (QED) is 0.834. The van der Waals surface area contributed by atoms with Gasteiger partial charge in [0.05, 0.1) is 11.8 Å². The molecule has 1 rings (SSSR count). The van der Waals surface area contributed by atoms with Gasteiger partial charge in [-0.3, -0.25) is 4.79 Å². The minimum Gasteiger partial charge on any atom is -0.391 e. The van der Waals surface area contributed by atoms with Crippen LogP contribution in [-0.2, 0) is 0 Å². The number of thiazole rings is 1. The van der Waals surface area contributed by atoms with Gasteiger partial charge in [0, 0.05) is 20.6 Å². The second-order valence-electron chi connectivity index (χ2n) is 4.97. The third-order valence-electron chi connectivity index (χ3n) is 3.15. The van der Waals surface area contributed by atoms with E-state index in [9.17, 15) is 9.90 Å². The normalized spacial score (nSPS) is 14.0. The van der Waals surface area contributed by atoms with Gasteiger partial charge in [-0.1, -0.05) is 31.6 Å². The van der Waals surface area contributed by atoms with Crippen LogP contribution in [0.15, 0.2) is 0 Å². The highest BCUT2D eigenvalue weighted by Crippen LogP contribution is 2.24. The van der Waals surface area contributed by atoms with Crippen molar-refractivity contribution in [3.05, 3.63) is 10.6 Å². The standard InChI is InChI=1S/C13H23N3O2S/c1-6-8(2)10(17)7-14-12(18)11-9(3)15-13(19-11)16(4)5/h8,10,17H,6-7H2,1-5H3,(H,14,18). The lowest BCUT2D eigenvalue weighted by Crippen LogP contribution is -2.35. The number of amides is 1. The van der Waals surface area contributed by atoms with E-state index in [0.29, 0.717) is 4.88 Å². The topological polar surface area (TPSA) is 65.5 Å². The first-order chi connectivity index (χ1) is 8.86. The number of aromatic nitrogens is 1. The number of rotatable bonds is 6. The lowest BCUT2D eigenvalue weighted by molar-refractivity contribution is 0.0853. The van der Waals surface area contributed by atoms with Crippen molar-refractivity contribution in [2.75, 3.05) is 25.5 Å². The van der Waals surface area contributed by atoms with Crippen LogP contribution in [0.3, 0.4) is 0 Å². The number of carbonyl (C=O) groups is 1. The molecule has 1 aromatic rings. The number of aliphatic hydroxyl groups is 1. The van der Waals surface area contributed by atoms with Crippen molar-refractivity contribution in [3.63, 3.8) is 0 Å². The monoisotopic (exact) mass is 285 g/mol. The van der Waals surface area contributed by atoms with Crippen LogP contribution in [0.1, 0.15) is 35.6 Å². The van der Waals surface area contributed by atoms with Gasteiger partial charge in [0.1, 0.15) is 4.88 Å². The number of anilines is 1. The molecule has 0 spiro atoms. The van der Waals surface area contributed by atoms with E-state index in [1.807, 2.05) is 39.8 Å². The van der Waals surface area contributed by atoms with E-state index >= 15 is 0 Å². The first kappa shape index (κ1) is 15.9. The number of nitrogens with zero attached hydrogens (tertiary/aromatic N) is 2. The molecule has 0 aliphatic rings. The Morgan fingerprint density at radius 3 is 2.63 bits per heavy atom. The van der Waals surface area contributed by atoms with Gasteiger partial charge in [-0.05, 0) is 12.8 Å². The molecular weight excluding hydrogens is 262 g/mol. The molecule has 0 radical (unpaired) electrons. The first-order valence-corrected chi connectivity index (χ1v) is 7.29. The van der Waals surface area contributed by atoms with Crippen LogP contribution in [0, 0.1) is 12.8 Å². The molecule has 108 valence electrons. The van der Waals surface area contributed by atoms with Gasteiger partial charge in [-0.25, -0.2) is 4.98 Å². The summed E-state index contributed by atoms with van der Waals surface area (Å²) in [4.78, 5) is 18.9. The van der Waals surface area contributed by atoms with Crippen LogP contribution in [0.25, 0.3) is 0 Å². The Hall–Kier alpha value is -1.14. The molecule has 0 fully saturated rings. The molecule has 5 nitrogen and oxygen atoms in total. The number of hydrogen-bond donors (Lipinski definition) is 2. The zero-order chi connectivity index (χ0) is 14.6. The Kier molecular flexibility index (Phi) is 5.75. The minimum atomic E-state index is -0.504. The average molecular weight is 285 g/mol. The lowest BCUT2D eigenvalue weighted by atomic mass is 10.0. The number of hydrogen-bond acceptors (Lipinski definition) is 5. The molecule has 0 saturated carbocycles. The summed E-state index contributed by atoms with van der Waals surface area (Å²) in [5.41, 5.74) is 0.726. The maximum Gasteiger partial charge on any atom is 0.263 e. The number of aryl methyl sites for hydroxylation is 1. The predicted molar refractivity (Wildman–Crippen MR) is 79.0 cm³/mol. The molecule has 0 aromatic carbocycles. The van der Waals surface area contributed by atoms with Crippen molar-refractivity contribution in [1.29, 1.82) is 0 Å². The Morgan fingerprint density at radius 1 is 1.53 bits per heavy atom. The summed E-state index contributed by atoms with van der Waals surface area (Å²) in [6, 6.07) is 0. The summed E-state index contributed by atoms with van der Waals surface area (Å²) in [6.07, 6.45) is 0.386. The van der Waals surface area contributed by atoms with Crippen molar-refractivity contribution in [1.82, 2.24) is 10.3 Å². The molecule has 2 atom stereocenters. The van der Waals surface area contributed by atoms with Crippen molar-refractivity contribution >= 4 is 22.4 Å². The molecule has 1 heterocycles. The van der Waals surface area contributed by atoms with Gasteiger partial charge >= 0.3 is 0 Å². The smallest absolute Gasteiger partial charge is 0.263 e. The number of nitrogens with one attached hydrogen (secondary N) is 1. The average Bonchev–Trinajstić information content (AvgIpc) is 2.76. The zero-order valence-electron chi connectivity index (χ0n) is 12.2. The molecule has 1 aromatic heterocycles. The molecule has 0 aliphatic heterocycles. The van der Waals surface area contributed by atoms with Gasteiger partial charge < -0.3 is 15.3 Å². The Bertz CT molecular complexity index is 432. The molecule has 0 bridgehead atoms. The zero-order valence-corrected chi connectivity index (χ0v) is 13.0. The summed E-state index contributed by atoms with van der Waals surface area (Å²) < 4.78 is 0. The van der Waals surface area contributed by atoms with Crippen molar-refractivity contribution in [2.24, 2.45) is 5.92 Å². The van der Waals surface area contributed by atoms with Gasteiger partial charge in [0.25, 0.3) is 5.91 Å². The van der Waals surface area contributed by atoms with E-state index in [2.05, 4.69) is 10.3 Å². The fourth-order valence-corrected chi connectivity index (χ4v) is 2.44. The van der Waals surface area contributed by atoms with Crippen molar-refractivity contribution < 1.29 is 9.90 Å². The van der Waals surface area contributed by atoms with Gasteiger partial charge in [-0.15, -0.1) is 0 Å².